The van der Waals surface area contributed by atoms with Crippen molar-refractivity contribution < 1.29 is 24.1 Å². The van der Waals surface area contributed by atoms with Gasteiger partial charge in [0.05, 0.1) is 38.1 Å². The molecule has 1 fully saturated rings. The highest BCUT2D eigenvalue weighted by Gasteiger charge is 2.29. The molecule has 0 aliphatic carbocycles. The van der Waals surface area contributed by atoms with Crippen LogP contribution in [0, 0.1) is 11.8 Å². The number of methoxy groups -OCH3 is 2. The third kappa shape index (κ3) is 7.03. The summed E-state index contributed by atoms with van der Waals surface area (Å²) in [7, 11) is 3.45. The summed E-state index contributed by atoms with van der Waals surface area (Å²) < 4.78 is 23.1. The maximum absolute atomic E-state index is 9.70. The number of hydrogen-bond donors (Lipinski definition) is 1. The van der Waals surface area contributed by atoms with Gasteiger partial charge in [0.25, 0.3) is 0 Å². The molecular weight excluding hydrogens is 356 g/mol. The Bertz CT molecular complexity index is 546. The average Bonchev–Trinajstić information content (AvgIpc) is 2.72. The minimum atomic E-state index is 0.00587. The monoisotopic (exact) mass is 394 g/mol. The van der Waals surface area contributed by atoms with E-state index in [4.69, 9.17) is 18.9 Å². The summed E-state index contributed by atoms with van der Waals surface area (Å²) in [5.74, 6) is 1.27. The number of hydrogen-bond acceptors (Lipinski definition) is 5. The van der Waals surface area contributed by atoms with E-state index in [1.165, 1.54) is 0 Å². The molecule has 0 saturated carbocycles. The van der Waals surface area contributed by atoms with E-state index in [9.17, 15) is 5.11 Å². The maximum Gasteiger partial charge on any atom is 0.118 e. The maximum atomic E-state index is 9.70. The lowest BCUT2D eigenvalue weighted by Crippen LogP contribution is -2.36. The summed E-state index contributed by atoms with van der Waals surface area (Å²) in [6, 6.07) is 7.93. The molecule has 1 aliphatic heterocycles. The Labute approximate surface area is 170 Å². The lowest BCUT2D eigenvalue weighted by atomic mass is 9.88. The van der Waals surface area contributed by atoms with E-state index >= 15 is 0 Å². The number of benzene rings is 1. The second-order valence-electron chi connectivity index (χ2n) is 8.24. The van der Waals surface area contributed by atoms with Gasteiger partial charge in [-0.2, -0.15) is 0 Å². The van der Waals surface area contributed by atoms with Crippen molar-refractivity contribution in [2.24, 2.45) is 11.8 Å². The predicted molar refractivity (Wildman–Crippen MR) is 111 cm³/mol. The molecule has 0 radical (unpaired) electrons. The molecule has 160 valence electrons. The largest absolute Gasteiger partial charge is 0.497 e. The molecule has 1 aromatic rings. The molecule has 1 aliphatic rings. The van der Waals surface area contributed by atoms with E-state index in [2.05, 4.69) is 20.8 Å². The molecule has 6 atom stereocenters. The van der Waals surface area contributed by atoms with E-state index in [-0.39, 0.29) is 30.8 Å². The molecule has 1 saturated heterocycles. The van der Waals surface area contributed by atoms with Crippen molar-refractivity contribution in [3.8, 4) is 5.75 Å². The van der Waals surface area contributed by atoms with Gasteiger partial charge in [0, 0.05) is 19.6 Å². The fourth-order valence-electron chi connectivity index (χ4n) is 4.10. The molecule has 5 heteroatoms. The molecule has 5 nitrogen and oxygen atoms in total. The molecule has 2 rings (SSSR count). The molecular formula is C23H38O5. The Morgan fingerprint density at radius 3 is 2.43 bits per heavy atom. The lowest BCUT2D eigenvalue weighted by Gasteiger charge is -2.35. The van der Waals surface area contributed by atoms with Crippen molar-refractivity contribution in [3.63, 3.8) is 0 Å². The number of ether oxygens (including phenoxy) is 4. The van der Waals surface area contributed by atoms with Gasteiger partial charge >= 0.3 is 0 Å². The van der Waals surface area contributed by atoms with Crippen LogP contribution < -0.4 is 4.74 Å². The van der Waals surface area contributed by atoms with Gasteiger partial charge in [-0.05, 0) is 56.2 Å². The van der Waals surface area contributed by atoms with Gasteiger partial charge in [0.2, 0.25) is 0 Å². The van der Waals surface area contributed by atoms with E-state index < -0.39 is 0 Å². The highest BCUT2D eigenvalue weighted by atomic mass is 16.5. The van der Waals surface area contributed by atoms with Crippen LogP contribution in [-0.2, 0) is 20.8 Å². The third-order valence-electron chi connectivity index (χ3n) is 5.83. The van der Waals surface area contributed by atoms with Crippen molar-refractivity contribution in [1.29, 1.82) is 0 Å². The minimum absolute atomic E-state index is 0.00587. The predicted octanol–water partition coefficient (Wildman–Crippen LogP) is 4.21. The van der Waals surface area contributed by atoms with Gasteiger partial charge in [-0.1, -0.05) is 26.0 Å². The molecule has 1 N–H and O–H groups in total. The zero-order chi connectivity index (χ0) is 20.5. The summed E-state index contributed by atoms with van der Waals surface area (Å²) >= 11 is 0. The summed E-state index contributed by atoms with van der Waals surface area (Å²) in [5, 5.41) is 9.70. The Morgan fingerprint density at radius 1 is 1.11 bits per heavy atom. The lowest BCUT2D eigenvalue weighted by molar-refractivity contribution is -0.105. The highest BCUT2D eigenvalue weighted by Crippen LogP contribution is 2.28. The van der Waals surface area contributed by atoms with Crippen LogP contribution in [0.4, 0.5) is 0 Å². The van der Waals surface area contributed by atoms with Gasteiger partial charge in [0.15, 0.2) is 0 Å². The molecule has 0 aromatic heterocycles. The average molecular weight is 395 g/mol. The Kier molecular flexibility index (Phi) is 9.72. The van der Waals surface area contributed by atoms with E-state index in [1.54, 1.807) is 14.2 Å². The molecule has 1 aromatic carbocycles. The van der Waals surface area contributed by atoms with Crippen LogP contribution in [0.25, 0.3) is 0 Å². The second-order valence-corrected chi connectivity index (χ2v) is 8.24. The zero-order valence-electron chi connectivity index (χ0n) is 18.1. The van der Waals surface area contributed by atoms with Crippen LogP contribution in [-0.4, -0.2) is 50.3 Å². The number of aliphatic hydroxyl groups is 1. The Morgan fingerprint density at radius 2 is 1.82 bits per heavy atom. The fourth-order valence-corrected chi connectivity index (χ4v) is 4.10. The first-order chi connectivity index (χ1) is 13.5. The first kappa shape index (κ1) is 23.1. The standard InChI is InChI=1S/C23H38O5/c1-16(6-9-21-13-22(26-5)12-18(3)28-21)23(17(2)14-24)27-15-19-7-10-20(25-4)11-8-19/h7-8,10-11,16-18,21-24H,6,9,12-15H2,1-5H3/t16-,17+,18-,21-,22+,23-/m0/s1. The summed E-state index contributed by atoms with van der Waals surface area (Å²) in [4.78, 5) is 0. The van der Waals surface area contributed by atoms with Crippen LogP contribution >= 0.6 is 0 Å². The summed E-state index contributed by atoms with van der Waals surface area (Å²) in [5.41, 5.74) is 1.11. The number of rotatable bonds is 11. The van der Waals surface area contributed by atoms with E-state index in [0.29, 0.717) is 18.6 Å². The van der Waals surface area contributed by atoms with Gasteiger partial charge in [-0.25, -0.2) is 0 Å². The Balaban J connectivity index is 1.88. The van der Waals surface area contributed by atoms with Gasteiger partial charge < -0.3 is 24.1 Å². The second kappa shape index (κ2) is 11.8. The normalized spacial score (nSPS) is 25.9. The quantitative estimate of drug-likeness (QED) is 0.609. The van der Waals surface area contributed by atoms with Crippen LogP contribution in [0.3, 0.4) is 0 Å². The SMILES string of the molecule is COc1ccc(CO[C@H]([C@H](C)CO)[C@@H](C)CC[C@H]2C[C@H](OC)C[C@H](C)O2)cc1. The molecule has 0 spiro atoms. The molecule has 0 amide bonds. The van der Waals surface area contributed by atoms with Gasteiger partial charge in [-0.3, -0.25) is 0 Å². The van der Waals surface area contributed by atoms with E-state index in [0.717, 1.165) is 37.0 Å². The topological polar surface area (TPSA) is 57.2 Å². The van der Waals surface area contributed by atoms with Gasteiger partial charge in [0.1, 0.15) is 5.75 Å². The van der Waals surface area contributed by atoms with Crippen molar-refractivity contribution in [2.45, 2.75) is 77.5 Å². The molecule has 0 unspecified atom stereocenters. The van der Waals surface area contributed by atoms with Crippen LogP contribution in [0.5, 0.6) is 5.75 Å². The van der Waals surface area contributed by atoms with Crippen molar-refractivity contribution in [2.75, 3.05) is 20.8 Å². The molecule has 1 heterocycles. The minimum Gasteiger partial charge on any atom is -0.497 e. The highest BCUT2D eigenvalue weighted by molar-refractivity contribution is 5.26. The van der Waals surface area contributed by atoms with Crippen molar-refractivity contribution in [1.82, 2.24) is 0 Å². The summed E-state index contributed by atoms with van der Waals surface area (Å²) in [6.07, 6.45) is 4.71. The van der Waals surface area contributed by atoms with Crippen LogP contribution in [0.2, 0.25) is 0 Å². The first-order valence-corrected chi connectivity index (χ1v) is 10.5. The van der Waals surface area contributed by atoms with Gasteiger partial charge in [-0.15, -0.1) is 0 Å². The number of aliphatic hydroxyl groups excluding tert-OH is 1. The summed E-state index contributed by atoms with van der Waals surface area (Å²) in [6.45, 7) is 7.04. The van der Waals surface area contributed by atoms with E-state index in [1.807, 2.05) is 24.3 Å². The first-order valence-electron chi connectivity index (χ1n) is 10.5. The zero-order valence-corrected chi connectivity index (χ0v) is 18.1. The fraction of sp³-hybridized carbons (Fsp3) is 0.739. The Hall–Kier alpha value is -1.14. The third-order valence-corrected chi connectivity index (χ3v) is 5.83. The van der Waals surface area contributed by atoms with Crippen LogP contribution in [0.1, 0.15) is 52.0 Å². The molecule has 28 heavy (non-hydrogen) atoms. The van der Waals surface area contributed by atoms with Crippen molar-refractivity contribution in [3.05, 3.63) is 29.8 Å². The van der Waals surface area contributed by atoms with Crippen molar-refractivity contribution >= 4 is 0 Å². The molecule has 0 bridgehead atoms. The smallest absolute Gasteiger partial charge is 0.118 e. The van der Waals surface area contributed by atoms with Crippen LogP contribution in [0.15, 0.2) is 24.3 Å².